The van der Waals surface area contributed by atoms with Crippen LogP contribution in [0.2, 0.25) is 0 Å². The molecule has 2 nitrogen and oxygen atoms in total. The van der Waals surface area contributed by atoms with E-state index in [0.29, 0.717) is 5.92 Å². The maximum absolute atomic E-state index is 5.78. The summed E-state index contributed by atoms with van der Waals surface area (Å²) < 4.78 is 5.78. The highest BCUT2D eigenvalue weighted by Gasteiger charge is 2.08. The van der Waals surface area contributed by atoms with E-state index in [1.165, 1.54) is 37.7 Å². The summed E-state index contributed by atoms with van der Waals surface area (Å²) >= 11 is 0. The van der Waals surface area contributed by atoms with E-state index in [1.807, 2.05) is 0 Å². The predicted octanol–water partition coefficient (Wildman–Crippen LogP) is 4.88. The number of nitrogens with two attached hydrogens (primary N) is 1. The topological polar surface area (TPSA) is 35.2 Å². The van der Waals surface area contributed by atoms with E-state index in [1.54, 1.807) is 0 Å². The number of ether oxygens (including phenoxy) is 1. The van der Waals surface area contributed by atoms with Crippen molar-refractivity contribution in [3.8, 4) is 5.75 Å². The van der Waals surface area contributed by atoms with Gasteiger partial charge < -0.3 is 10.5 Å². The first-order valence-electron chi connectivity index (χ1n) is 8.24. The van der Waals surface area contributed by atoms with E-state index in [9.17, 15) is 0 Å². The molecular formula is C18H31NO. The van der Waals surface area contributed by atoms with Gasteiger partial charge in [0.15, 0.2) is 0 Å². The van der Waals surface area contributed by atoms with E-state index in [-0.39, 0.29) is 0 Å². The molecule has 0 saturated carbocycles. The monoisotopic (exact) mass is 277 g/mol. The highest BCUT2D eigenvalue weighted by atomic mass is 16.5. The molecule has 0 heterocycles. The minimum atomic E-state index is 0.636. The maximum Gasteiger partial charge on any atom is 0.119 e. The first kappa shape index (κ1) is 17.0. The van der Waals surface area contributed by atoms with Crippen molar-refractivity contribution in [2.24, 2.45) is 5.73 Å². The Labute approximate surface area is 124 Å². The van der Waals surface area contributed by atoms with Crippen molar-refractivity contribution in [3.05, 3.63) is 29.8 Å². The molecular weight excluding hydrogens is 246 g/mol. The molecule has 0 aliphatic heterocycles. The number of rotatable bonds is 11. The molecule has 2 N–H and O–H groups in total. The Hall–Kier alpha value is -1.02. The largest absolute Gasteiger partial charge is 0.494 e. The van der Waals surface area contributed by atoms with Crippen LogP contribution < -0.4 is 10.5 Å². The molecule has 0 aliphatic carbocycles. The van der Waals surface area contributed by atoms with E-state index in [2.05, 4.69) is 38.1 Å². The number of hydrogen-bond acceptors (Lipinski definition) is 2. The molecule has 1 atom stereocenters. The Kier molecular flexibility index (Phi) is 9.14. The zero-order valence-corrected chi connectivity index (χ0v) is 13.2. The van der Waals surface area contributed by atoms with Crippen molar-refractivity contribution in [3.63, 3.8) is 0 Å². The van der Waals surface area contributed by atoms with Gasteiger partial charge in [0.25, 0.3) is 0 Å². The van der Waals surface area contributed by atoms with Gasteiger partial charge >= 0.3 is 0 Å². The zero-order chi connectivity index (χ0) is 14.6. The molecule has 1 unspecified atom stereocenters. The van der Waals surface area contributed by atoms with E-state index < -0.39 is 0 Å². The molecule has 0 amide bonds. The molecule has 0 aromatic heterocycles. The van der Waals surface area contributed by atoms with E-state index in [4.69, 9.17) is 10.5 Å². The molecule has 0 radical (unpaired) electrons. The maximum atomic E-state index is 5.78. The van der Waals surface area contributed by atoms with Gasteiger partial charge in [-0.15, -0.1) is 0 Å². The van der Waals surface area contributed by atoms with Crippen molar-refractivity contribution >= 4 is 0 Å². The third-order valence-corrected chi connectivity index (χ3v) is 3.87. The molecule has 114 valence electrons. The van der Waals surface area contributed by atoms with Crippen molar-refractivity contribution in [2.75, 3.05) is 13.2 Å². The Morgan fingerprint density at radius 2 is 1.75 bits per heavy atom. The summed E-state index contributed by atoms with van der Waals surface area (Å²) in [7, 11) is 0. The second-order valence-electron chi connectivity index (χ2n) is 5.51. The highest BCUT2D eigenvalue weighted by molar-refractivity contribution is 5.29. The molecule has 20 heavy (non-hydrogen) atoms. The summed E-state index contributed by atoms with van der Waals surface area (Å²) in [6.07, 6.45) is 8.47. The van der Waals surface area contributed by atoms with Crippen molar-refractivity contribution in [1.29, 1.82) is 0 Å². The van der Waals surface area contributed by atoms with Crippen LogP contribution in [-0.2, 0) is 0 Å². The number of benzene rings is 1. The summed E-state index contributed by atoms with van der Waals surface area (Å²) in [6.45, 7) is 6.10. The van der Waals surface area contributed by atoms with Gasteiger partial charge in [0.05, 0.1) is 6.61 Å². The van der Waals surface area contributed by atoms with E-state index >= 15 is 0 Å². The first-order valence-corrected chi connectivity index (χ1v) is 8.24. The van der Waals surface area contributed by atoms with Crippen molar-refractivity contribution < 1.29 is 4.74 Å². The second kappa shape index (κ2) is 10.7. The number of unbranched alkanes of at least 4 members (excludes halogenated alkanes) is 3. The van der Waals surface area contributed by atoms with Gasteiger partial charge in [0.1, 0.15) is 5.75 Å². The third kappa shape index (κ3) is 6.42. The summed E-state index contributed by atoms with van der Waals surface area (Å²) in [5, 5.41) is 0. The van der Waals surface area contributed by atoms with Crippen LogP contribution in [0, 0.1) is 0 Å². The Balaban J connectivity index is 2.38. The van der Waals surface area contributed by atoms with Gasteiger partial charge in [-0.2, -0.15) is 0 Å². The molecule has 0 aliphatic rings. The highest BCUT2D eigenvalue weighted by Crippen LogP contribution is 2.26. The fourth-order valence-corrected chi connectivity index (χ4v) is 2.53. The molecule has 2 heteroatoms. The lowest BCUT2D eigenvalue weighted by Gasteiger charge is -2.15. The predicted molar refractivity (Wildman–Crippen MR) is 87.4 cm³/mol. The van der Waals surface area contributed by atoms with Crippen LogP contribution in [0.1, 0.15) is 70.3 Å². The summed E-state index contributed by atoms with van der Waals surface area (Å²) in [5.41, 5.74) is 7.02. The quantitative estimate of drug-likeness (QED) is 0.585. The zero-order valence-electron chi connectivity index (χ0n) is 13.2. The standard InChI is InChI=1S/C18H31NO/c1-3-5-6-7-15-20-18-12-10-17(11-13-18)16(4-2)9-8-14-19/h10-13,16H,3-9,14-15,19H2,1-2H3. The first-order chi connectivity index (χ1) is 9.81. The Morgan fingerprint density at radius 1 is 1.00 bits per heavy atom. The molecule has 0 saturated heterocycles. The molecule has 1 aromatic rings. The lowest BCUT2D eigenvalue weighted by Crippen LogP contribution is -2.04. The normalized spacial score (nSPS) is 12.3. The average molecular weight is 277 g/mol. The summed E-state index contributed by atoms with van der Waals surface area (Å²) in [6, 6.07) is 8.65. The minimum absolute atomic E-state index is 0.636. The van der Waals surface area contributed by atoms with E-state index in [0.717, 1.165) is 31.7 Å². The van der Waals surface area contributed by atoms with Crippen molar-refractivity contribution in [1.82, 2.24) is 0 Å². The fraction of sp³-hybridized carbons (Fsp3) is 0.667. The summed E-state index contributed by atoms with van der Waals surface area (Å²) in [5.74, 6) is 1.64. The molecule has 1 aromatic carbocycles. The third-order valence-electron chi connectivity index (χ3n) is 3.87. The minimum Gasteiger partial charge on any atom is -0.494 e. The fourth-order valence-electron chi connectivity index (χ4n) is 2.53. The van der Waals surface area contributed by atoms with Gasteiger partial charge in [-0.25, -0.2) is 0 Å². The molecule has 1 rings (SSSR count). The summed E-state index contributed by atoms with van der Waals surface area (Å²) in [4.78, 5) is 0. The Morgan fingerprint density at radius 3 is 2.35 bits per heavy atom. The molecule has 0 bridgehead atoms. The number of hydrogen-bond donors (Lipinski definition) is 1. The lowest BCUT2D eigenvalue weighted by molar-refractivity contribution is 0.305. The van der Waals surface area contributed by atoms with Gasteiger partial charge in [0.2, 0.25) is 0 Å². The van der Waals surface area contributed by atoms with Crippen LogP contribution in [-0.4, -0.2) is 13.2 Å². The SMILES string of the molecule is CCCCCCOc1ccc(C(CC)CCCN)cc1. The van der Waals surface area contributed by atoms with Crippen LogP contribution in [0.15, 0.2) is 24.3 Å². The van der Waals surface area contributed by atoms with Crippen LogP contribution in [0.3, 0.4) is 0 Å². The Bertz CT molecular complexity index is 334. The van der Waals surface area contributed by atoms with Crippen LogP contribution >= 0.6 is 0 Å². The van der Waals surface area contributed by atoms with Crippen LogP contribution in [0.5, 0.6) is 5.75 Å². The van der Waals surface area contributed by atoms with Gasteiger partial charge in [0, 0.05) is 0 Å². The smallest absolute Gasteiger partial charge is 0.119 e. The van der Waals surface area contributed by atoms with Crippen LogP contribution in [0.4, 0.5) is 0 Å². The lowest BCUT2D eigenvalue weighted by atomic mass is 9.92. The average Bonchev–Trinajstić information content (AvgIpc) is 2.49. The molecule has 0 fully saturated rings. The molecule has 0 spiro atoms. The van der Waals surface area contributed by atoms with Gasteiger partial charge in [-0.1, -0.05) is 45.2 Å². The van der Waals surface area contributed by atoms with Gasteiger partial charge in [-0.05, 0) is 55.8 Å². The van der Waals surface area contributed by atoms with Gasteiger partial charge in [-0.3, -0.25) is 0 Å². The van der Waals surface area contributed by atoms with Crippen molar-refractivity contribution in [2.45, 2.75) is 64.7 Å². The second-order valence-corrected chi connectivity index (χ2v) is 5.51. The van der Waals surface area contributed by atoms with Crippen LogP contribution in [0.25, 0.3) is 0 Å².